The van der Waals surface area contributed by atoms with Gasteiger partial charge in [-0.15, -0.1) is 0 Å². The molecule has 1 heterocycles. The quantitative estimate of drug-likeness (QED) is 0.733. The molecule has 0 aliphatic heterocycles. The van der Waals surface area contributed by atoms with E-state index < -0.39 is 10.4 Å². The minimum absolute atomic E-state index is 0.0391. The third-order valence-electron chi connectivity index (χ3n) is 3.19. The Morgan fingerprint density at radius 3 is 2.43 bits per heavy atom. The van der Waals surface area contributed by atoms with Gasteiger partial charge in [0.2, 0.25) is 5.89 Å². The van der Waals surface area contributed by atoms with Crippen LogP contribution in [-0.4, -0.2) is 32.0 Å². The predicted molar refractivity (Wildman–Crippen MR) is 85.9 cm³/mol. The molecule has 0 atom stereocenters. The molecule has 0 saturated heterocycles. The first-order chi connectivity index (χ1) is 10.8. The van der Waals surface area contributed by atoms with E-state index in [-0.39, 0.29) is 5.75 Å². The van der Waals surface area contributed by atoms with Crippen LogP contribution in [0.25, 0.3) is 22.6 Å². The van der Waals surface area contributed by atoms with Crippen LogP contribution in [0, 0.1) is 0 Å². The molecule has 0 amide bonds. The van der Waals surface area contributed by atoms with Crippen LogP contribution in [0.1, 0.15) is 0 Å². The molecule has 1 aromatic heterocycles. The Balaban J connectivity index is 1.96. The summed E-state index contributed by atoms with van der Waals surface area (Å²) in [5.74, 6) is 0.372. The van der Waals surface area contributed by atoms with Crippen molar-refractivity contribution in [2.45, 2.75) is 0 Å². The van der Waals surface area contributed by atoms with Crippen molar-refractivity contribution in [2.75, 3.05) is 19.0 Å². The predicted octanol–water partition coefficient (Wildman–Crippen LogP) is 2.74. The zero-order chi connectivity index (χ0) is 16.6. The molecule has 0 unspecified atom stereocenters. The number of oxazole rings is 1. The Hall–Kier alpha value is -2.58. The van der Waals surface area contributed by atoms with Crippen molar-refractivity contribution in [3.05, 3.63) is 42.5 Å². The first-order valence-electron chi connectivity index (χ1n) is 6.67. The summed E-state index contributed by atoms with van der Waals surface area (Å²) in [5, 5.41) is 0. The summed E-state index contributed by atoms with van der Waals surface area (Å²) in [6.45, 7) is 0. The standard InChI is InChI=1S/C15H14N2O5S/c1-17(2)11-5-3-10(4-6-11)15-16-13-9-12(22-23(18,19)20)7-8-14(13)21-15/h3-9H,1-2H3,(H,18,19,20). The Kier molecular flexibility index (Phi) is 3.70. The minimum atomic E-state index is -4.57. The fourth-order valence-electron chi connectivity index (χ4n) is 2.11. The van der Waals surface area contributed by atoms with Crippen molar-refractivity contribution in [3.63, 3.8) is 0 Å². The van der Waals surface area contributed by atoms with Crippen LogP contribution in [0.2, 0.25) is 0 Å². The molecule has 120 valence electrons. The van der Waals surface area contributed by atoms with Crippen LogP contribution in [0.15, 0.2) is 46.9 Å². The third-order valence-corrected chi connectivity index (χ3v) is 3.59. The number of aromatic nitrogens is 1. The van der Waals surface area contributed by atoms with Gasteiger partial charge in [0, 0.05) is 31.4 Å². The minimum Gasteiger partial charge on any atom is -0.436 e. The fraction of sp³-hybridized carbons (Fsp3) is 0.133. The molecule has 0 saturated carbocycles. The van der Waals surface area contributed by atoms with Crippen LogP contribution in [0.4, 0.5) is 5.69 Å². The van der Waals surface area contributed by atoms with Crippen molar-refractivity contribution in [3.8, 4) is 17.2 Å². The van der Waals surface area contributed by atoms with E-state index in [0.717, 1.165) is 11.3 Å². The molecule has 8 heteroatoms. The van der Waals surface area contributed by atoms with Gasteiger partial charge in [-0.05, 0) is 36.4 Å². The van der Waals surface area contributed by atoms with Crippen molar-refractivity contribution in [1.82, 2.24) is 4.98 Å². The second-order valence-electron chi connectivity index (χ2n) is 5.10. The van der Waals surface area contributed by atoms with Crippen LogP contribution in [-0.2, 0) is 10.4 Å². The van der Waals surface area contributed by atoms with E-state index in [0.29, 0.717) is 17.0 Å². The number of benzene rings is 2. The van der Waals surface area contributed by atoms with Gasteiger partial charge >= 0.3 is 10.4 Å². The second-order valence-corrected chi connectivity index (χ2v) is 6.12. The maximum Gasteiger partial charge on any atom is 0.446 e. The number of nitrogens with zero attached hydrogens (tertiary/aromatic N) is 2. The summed E-state index contributed by atoms with van der Waals surface area (Å²) in [4.78, 5) is 6.29. The smallest absolute Gasteiger partial charge is 0.436 e. The lowest BCUT2D eigenvalue weighted by Gasteiger charge is -2.11. The van der Waals surface area contributed by atoms with Crippen molar-refractivity contribution in [2.24, 2.45) is 0 Å². The Morgan fingerprint density at radius 2 is 1.83 bits per heavy atom. The lowest BCUT2D eigenvalue weighted by molar-refractivity contribution is 0.387. The van der Waals surface area contributed by atoms with Gasteiger partial charge in [-0.1, -0.05) is 0 Å². The average Bonchev–Trinajstić information content (AvgIpc) is 2.88. The number of anilines is 1. The molecule has 0 radical (unpaired) electrons. The van der Waals surface area contributed by atoms with Gasteiger partial charge in [-0.2, -0.15) is 8.42 Å². The molecule has 23 heavy (non-hydrogen) atoms. The summed E-state index contributed by atoms with van der Waals surface area (Å²) in [5.41, 5.74) is 2.76. The maximum absolute atomic E-state index is 10.7. The van der Waals surface area contributed by atoms with E-state index in [2.05, 4.69) is 9.17 Å². The van der Waals surface area contributed by atoms with E-state index in [4.69, 9.17) is 8.97 Å². The van der Waals surface area contributed by atoms with Crippen LogP contribution in [0.3, 0.4) is 0 Å². The molecule has 1 N–H and O–H groups in total. The molecule has 3 aromatic rings. The lowest BCUT2D eigenvalue weighted by Crippen LogP contribution is -2.07. The fourth-order valence-corrected chi connectivity index (χ4v) is 2.45. The first-order valence-corrected chi connectivity index (χ1v) is 8.03. The number of hydrogen-bond donors (Lipinski definition) is 1. The van der Waals surface area contributed by atoms with Crippen molar-refractivity contribution >= 4 is 27.2 Å². The highest BCUT2D eigenvalue weighted by atomic mass is 32.3. The molecular weight excluding hydrogens is 320 g/mol. The molecular formula is C15H14N2O5S. The SMILES string of the molecule is CN(C)c1ccc(-c2nc3cc(OS(=O)(=O)O)ccc3o2)cc1. The number of fused-ring (bicyclic) bond motifs is 1. The van der Waals surface area contributed by atoms with Crippen LogP contribution >= 0.6 is 0 Å². The summed E-state index contributed by atoms with van der Waals surface area (Å²) < 4.78 is 40.2. The van der Waals surface area contributed by atoms with Gasteiger partial charge in [0.15, 0.2) is 5.58 Å². The highest BCUT2D eigenvalue weighted by Gasteiger charge is 2.12. The summed E-state index contributed by atoms with van der Waals surface area (Å²) in [6.07, 6.45) is 0. The van der Waals surface area contributed by atoms with Gasteiger partial charge in [-0.25, -0.2) is 4.98 Å². The zero-order valence-electron chi connectivity index (χ0n) is 12.4. The van der Waals surface area contributed by atoms with Gasteiger partial charge in [-0.3, -0.25) is 4.55 Å². The van der Waals surface area contributed by atoms with Gasteiger partial charge in [0.1, 0.15) is 11.3 Å². The monoisotopic (exact) mass is 334 g/mol. The number of rotatable bonds is 4. The Bertz CT molecular complexity index is 946. The highest BCUT2D eigenvalue weighted by Crippen LogP contribution is 2.28. The Morgan fingerprint density at radius 1 is 1.13 bits per heavy atom. The molecule has 0 spiro atoms. The second kappa shape index (κ2) is 5.56. The summed E-state index contributed by atoms with van der Waals surface area (Å²) >= 11 is 0. The normalized spacial score (nSPS) is 11.6. The largest absolute Gasteiger partial charge is 0.446 e. The van der Waals surface area contributed by atoms with Gasteiger partial charge < -0.3 is 13.5 Å². The van der Waals surface area contributed by atoms with Crippen molar-refractivity contribution in [1.29, 1.82) is 0 Å². The van der Waals surface area contributed by atoms with Gasteiger partial charge in [0.05, 0.1) is 0 Å². The summed E-state index contributed by atoms with van der Waals surface area (Å²) in [6, 6.07) is 11.9. The molecule has 2 aromatic carbocycles. The molecule has 0 fully saturated rings. The van der Waals surface area contributed by atoms with Crippen LogP contribution < -0.4 is 9.08 Å². The molecule has 3 rings (SSSR count). The molecule has 0 bridgehead atoms. The van der Waals surface area contributed by atoms with Crippen LogP contribution in [0.5, 0.6) is 5.75 Å². The van der Waals surface area contributed by atoms with E-state index >= 15 is 0 Å². The molecule has 7 nitrogen and oxygen atoms in total. The Labute approximate surface area is 133 Å². The van der Waals surface area contributed by atoms with Crippen molar-refractivity contribution < 1.29 is 21.6 Å². The van der Waals surface area contributed by atoms with E-state index in [9.17, 15) is 8.42 Å². The number of hydrogen-bond acceptors (Lipinski definition) is 6. The highest BCUT2D eigenvalue weighted by molar-refractivity contribution is 7.81. The molecule has 0 aliphatic carbocycles. The topological polar surface area (TPSA) is 92.9 Å². The van der Waals surface area contributed by atoms with E-state index in [1.54, 1.807) is 0 Å². The van der Waals surface area contributed by atoms with E-state index in [1.165, 1.54) is 18.2 Å². The zero-order valence-corrected chi connectivity index (χ0v) is 13.2. The summed E-state index contributed by atoms with van der Waals surface area (Å²) in [7, 11) is -0.668. The third kappa shape index (κ3) is 3.43. The molecule has 0 aliphatic rings. The average molecular weight is 334 g/mol. The lowest BCUT2D eigenvalue weighted by atomic mass is 10.2. The first kappa shape index (κ1) is 15.3. The maximum atomic E-state index is 10.7. The van der Waals surface area contributed by atoms with Gasteiger partial charge in [0.25, 0.3) is 0 Å². The van der Waals surface area contributed by atoms with E-state index in [1.807, 2.05) is 43.3 Å².